The van der Waals surface area contributed by atoms with Crippen LogP contribution in [-0.4, -0.2) is 43.8 Å². The highest BCUT2D eigenvalue weighted by Crippen LogP contribution is 2.21. The van der Waals surface area contributed by atoms with Crippen molar-refractivity contribution in [3.8, 4) is 0 Å². The molecule has 9 heteroatoms. The molecule has 8 nitrogen and oxygen atoms in total. The van der Waals surface area contributed by atoms with E-state index in [1.807, 2.05) is 0 Å². The Morgan fingerprint density at radius 2 is 1.41 bits per heavy atom. The minimum Gasteiger partial charge on any atom is -0.335 e. The Bertz CT molecular complexity index is 1130. The van der Waals surface area contributed by atoms with E-state index >= 15 is 0 Å². The summed E-state index contributed by atoms with van der Waals surface area (Å²) in [7, 11) is -3.49. The average molecular weight is 483 g/mol. The number of carbonyl (C=O) groups excluding carboxylic acids is 2. The summed E-state index contributed by atoms with van der Waals surface area (Å²) in [5.74, 6) is -0.312. The van der Waals surface area contributed by atoms with Crippen LogP contribution in [0.1, 0.15) is 44.1 Å². The Kier molecular flexibility index (Phi) is 7.64. The molecule has 2 aromatic carbocycles. The van der Waals surface area contributed by atoms with Crippen molar-refractivity contribution in [2.75, 3.05) is 23.7 Å². The summed E-state index contributed by atoms with van der Waals surface area (Å²) in [6.07, 6.45) is 8.99. The zero-order chi connectivity index (χ0) is 24.0. The van der Waals surface area contributed by atoms with E-state index in [-0.39, 0.29) is 22.9 Å². The Labute approximate surface area is 200 Å². The van der Waals surface area contributed by atoms with Crippen LogP contribution in [0.4, 0.5) is 16.2 Å². The van der Waals surface area contributed by atoms with Gasteiger partial charge in [-0.05, 0) is 73.7 Å². The van der Waals surface area contributed by atoms with Gasteiger partial charge in [0, 0.05) is 36.6 Å². The first-order valence-electron chi connectivity index (χ1n) is 11.7. The van der Waals surface area contributed by atoms with Crippen molar-refractivity contribution in [1.29, 1.82) is 0 Å². The predicted molar refractivity (Wildman–Crippen MR) is 133 cm³/mol. The maximum Gasteiger partial charge on any atom is 0.319 e. The van der Waals surface area contributed by atoms with Gasteiger partial charge in [0.15, 0.2) is 0 Å². The fourth-order valence-corrected chi connectivity index (χ4v) is 5.27. The Morgan fingerprint density at radius 1 is 0.824 bits per heavy atom. The van der Waals surface area contributed by atoms with Gasteiger partial charge in [0.05, 0.1) is 4.90 Å². The van der Waals surface area contributed by atoms with Crippen LogP contribution in [0.3, 0.4) is 0 Å². The highest BCUT2D eigenvalue weighted by atomic mass is 32.2. The highest BCUT2D eigenvalue weighted by Gasteiger charge is 2.25. The minimum atomic E-state index is -3.49. The first-order chi connectivity index (χ1) is 16.4. The van der Waals surface area contributed by atoms with E-state index < -0.39 is 10.0 Å². The molecule has 0 radical (unpaired) electrons. The van der Waals surface area contributed by atoms with E-state index in [0.717, 1.165) is 44.1 Å². The predicted octanol–water partition coefficient (Wildman–Crippen LogP) is 4.19. The van der Waals surface area contributed by atoms with E-state index in [9.17, 15) is 18.0 Å². The van der Waals surface area contributed by atoms with Crippen molar-refractivity contribution in [3.63, 3.8) is 0 Å². The lowest BCUT2D eigenvalue weighted by Gasteiger charge is -2.19. The fourth-order valence-electron chi connectivity index (χ4n) is 3.75. The van der Waals surface area contributed by atoms with E-state index in [1.54, 1.807) is 58.9 Å². The topological polar surface area (TPSA) is 108 Å². The molecule has 4 rings (SSSR count). The number of amides is 3. The van der Waals surface area contributed by atoms with E-state index in [2.05, 4.69) is 16.0 Å². The number of rotatable bonds is 7. The van der Waals surface area contributed by atoms with E-state index in [1.165, 1.54) is 6.08 Å². The molecule has 1 aliphatic heterocycles. The number of hydrogen-bond acceptors (Lipinski definition) is 4. The fraction of sp³-hybridized carbons (Fsp3) is 0.360. The molecular weight excluding hydrogens is 452 g/mol. The number of nitrogens with zero attached hydrogens (tertiary/aromatic N) is 1. The average Bonchev–Trinajstić information content (AvgIpc) is 3.66. The third-order valence-electron chi connectivity index (χ3n) is 5.83. The van der Waals surface area contributed by atoms with Gasteiger partial charge in [-0.1, -0.05) is 25.0 Å². The molecule has 1 saturated carbocycles. The van der Waals surface area contributed by atoms with Crippen LogP contribution >= 0.6 is 0 Å². The lowest BCUT2D eigenvalue weighted by Crippen LogP contribution is -2.31. The summed E-state index contributed by atoms with van der Waals surface area (Å²) in [5, 5.41) is 8.37. The maximum absolute atomic E-state index is 12.9. The van der Waals surface area contributed by atoms with Crippen LogP contribution in [-0.2, 0) is 14.8 Å². The number of hydrogen-bond donors (Lipinski definition) is 3. The number of carbonyl (C=O) groups is 2. The number of benzene rings is 2. The van der Waals surface area contributed by atoms with Gasteiger partial charge in [-0.15, -0.1) is 0 Å². The number of urea groups is 1. The first kappa shape index (κ1) is 24.0. The Morgan fingerprint density at radius 3 is 2.00 bits per heavy atom. The van der Waals surface area contributed by atoms with Crippen LogP contribution in [0.2, 0.25) is 0 Å². The minimum absolute atomic E-state index is 0.229. The second-order valence-corrected chi connectivity index (χ2v) is 10.6. The third kappa shape index (κ3) is 6.68. The van der Waals surface area contributed by atoms with Crippen molar-refractivity contribution < 1.29 is 18.0 Å². The Balaban J connectivity index is 1.29. The molecule has 1 heterocycles. The summed E-state index contributed by atoms with van der Waals surface area (Å²) >= 11 is 0. The molecule has 0 aromatic heterocycles. The second kappa shape index (κ2) is 10.8. The summed E-state index contributed by atoms with van der Waals surface area (Å²) in [6.45, 7) is 1.13. The molecule has 1 aliphatic carbocycles. The molecule has 0 atom stereocenters. The van der Waals surface area contributed by atoms with Crippen molar-refractivity contribution in [3.05, 3.63) is 60.2 Å². The van der Waals surface area contributed by atoms with Crippen molar-refractivity contribution in [1.82, 2.24) is 9.62 Å². The van der Waals surface area contributed by atoms with Gasteiger partial charge < -0.3 is 16.0 Å². The Hall–Kier alpha value is -3.17. The molecule has 2 aliphatic rings. The quantitative estimate of drug-likeness (QED) is 0.514. The van der Waals surface area contributed by atoms with Crippen LogP contribution in [0.15, 0.2) is 59.5 Å². The molecule has 2 fully saturated rings. The summed E-state index contributed by atoms with van der Waals surface area (Å²) in [4.78, 5) is 24.3. The standard InChI is InChI=1S/C25H30N4O4S/c30-24(26-20-8-10-21(11-9-20)27-25(31)28-22-12-13-22)16-7-19-5-14-23(15-6-19)34(32,33)29-17-3-1-2-4-18-29/h5-11,14-16,22H,1-4,12-13,17-18H2,(H,26,30)(H2,27,28,31)/b16-7+. The number of anilines is 2. The van der Waals surface area contributed by atoms with Crippen LogP contribution in [0, 0.1) is 0 Å². The van der Waals surface area contributed by atoms with Gasteiger partial charge in [0.25, 0.3) is 0 Å². The maximum atomic E-state index is 12.9. The molecule has 3 N–H and O–H groups in total. The lowest BCUT2D eigenvalue weighted by molar-refractivity contribution is -0.111. The lowest BCUT2D eigenvalue weighted by atomic mass is 10.2. The number of sulfonamides is 1. The molecule has 180 valence electrons. The molecule has 1 saturated heterocycles. The van der Waals surface area contributed by atoms with E-state index in [4.69, 9.17) is 0 Å². The van der Waals surface area contributed by atoms with Crippen molar-refractivity contribution in [2.45, 2.75) is 49.5 Å². The zero-order valence-corrected chi connectivity index (χ0v) is 19.8. The summed E-state index contributed by atoms with van der Waals surface area (Å²) in [6, 6.07) is 13.5. The largest absolute Gasteiger partial charge is 0.335 e. The molecule has 0 bridgehead atoms. The van der Waals surface area contributed by atoms with Crippen molar-refractivity contribution >= 4 is 39.4 Å². The highest BCUT2D eigenvalue weighted by molar-refractivity contribution is 7.89. The first-order valence-corrected chi connectivity index (χ1v) is 13.1. The van der Waals surface area contributed by atoms with Crippen molar-refractivity contribution in [2.24, 2.45) is 0 Å². The van der Waals surface area contributed by atoms with E-state index in [0.29, 0.717) is 24.5 Å². The van der Waals surface area contributed by atoms with Crippen LogP contribution in [0.5, 0.6) is 0 Å². The molecule has 3 amide bonds. The summed E-state index contributed by atoms with van der Waals surface area (Å²) < 4.78 is 27.3. The number of nitrogens with one attached hydrogen (secondary N) is 3. The third-order valence-corrected chi connectivity index (χ3v) is 7.75. The van der Waals surface area contributed by atoms with Gasteiger partial charge in [0.1, 0.15) is 0 Å². The second-order valence-electron chi connectivity index (χ2n) is 8.66. The van der Waals surface area contributed by atoms with Gasteiger partial charge in [-0.3, -0.25) is 4.79 Å². The molecule has 0 unspecified atom stereocenters. The van der Waals surface area contributed by atoms with Gasteiger partial charge in [-0.2, -0.15) is 4.31 Å². The van der Waals surface area contributed by atoms with Crippen LogP contribution in [0.25, 0.3) is 6.08 Å². The smallest absolute Gasteiger partial charge is 0.319 e. The molecule has 0 spiro atoms. The summed E-state index contributed by atoms with van der Waals surface area (Å²) in [5.41, 5.74) is 1.97. The molecule has 2 aromatic rings. The normalized spacial score (nSPS) is 17.2. The van der Waals surface area contributed by atoms with Gasteiger partial charge in [-0.25, -0.2) is 13.2 Å². The SMILES string of the molecule is O=C(/C=C/c1ccc(S(=O)(=O)N2CCCCCC2)cc1)Nc1ccc(NC(=O)NC2CC2)cc1. The van der Waals surface area contributed by atoms with Crippen LogP contribution < -0.4 is 16.0 Å². The molecule has 34 heavy (non-hydrogen) atoms. The molecular formula is C25H30N4O4S. The monoisotopic (exact) mass is 482 g/mol. The van der Waals surface area contributed by atoms with Gasteiger partial charge >= 0.3 is 6.03 Å². The van der Waals surface area contributed by atoms with Gasteiger partial charge in [0.2, 0.25) is 15.9 Å². The zero-order valence-electron chi connectivity index (χ0n) is 19.0.